The van der Waals surface area contributed by atoms with E-state index in [9.17, 15) is 19.5 Å². The number of carbonyl (C=O) groups excluding carboxylic acids is 2. The van der Waals surface area contributed by atoms with Crippen LogP contribution in [-0.2, 0) is 33.6 Å². The standard InChI is InChI=1S/C33H38N4O7/c1-5-6-11-29-35-22(18-37(29)32(41)44-33(2,3)4)16-24(20-12-13-27-28(15-20)43-19-42-27)30(38)36-26(31(39)40)14-21-17-34-25-10-8-7-9-23(21)25/h7-10,12-13,15,17-18,24,26,34H,5-6,11,14,16,19H2,1-4H3,(H,36,38)(H,39,40)/t24?,26-/m0/s1. The van der Waals surface area contributed by atoms with Gasteiger partial charge < -0.3 is 29.6 Å². The molecule has 1 amide bonds. The fourth-order valence-electron chi connectivity index (χ4n) is 5.24. The Balaban J connectivity index is 1.45. The molecule has 0 bridgehead atoms. The molecule has 11 heteroatoms. The minimum Gasteiger partial charge on any atom is -0.480 e. The van der Waals surface area contributed by atoms with Crippen LogP contribution in [0.15, 0.2) is 54.9 Å². The summed E-state index contributed by atoms with van der Waals surface area (Å²) in [6.45, 7) is 7.51. The van der Waals surface area contributed by atoms with Gasteiger partial charge >= 0.3 is 12.1 Å². The maximum absolute atomic E-state index is 14.0. The average Bonchev–Trinajstić information content (AvgIpc) is 3.71. The maximum atomic E-state index is 14.0. The first kappa shape index (κ1) is 30.7. The van der Waals surface area contributed by atoms with Crippen LogP contribution in [0.3, 0.4) is 0 Å². The summed E-state index contributed by atoms with van der Waals surface area (Å²) in [6.07, 6.45) is 5.31. The number of amides is 1. The summed E-state index contributed by atoms with van der Waals surface area (Å²) >= 11 is 0. The van der Waals surface area contributed by atoms with Crippen molar-refractivity contribution < 1.29 is 33.7 Å². The van der Waals surface area contributed by atoms with E-state index in [4.69, 9.17) is 19.2 Å². The monoisotopic (exact) mass is 602 g/mol. The third kappa shape index (κ3) is 7.04. The van der Waals surface area contributed by atoms with Crippen molar-refractivity contribution in [3.05, 3.63) is 77.5 Å². The number of carboxylic acid groups (broad SMARTS) is 1. The van der Waals surface area contributed by atoms with Crippen LogP contribution in [0.25, 0.3) is 10.9 Å². The van der Waals surface area contributed by atoms with Crippen molar-refractivity contribution in [1.29, 1.82) is 0 Å². The Labute approximate surface area is 255 Å². The van der Waals surface area contributed by atoms with Crippen LogP contribution in [0.1, 0.15) is 69.1 Å². The van der Waals surface area contributed by atoms with Crippen LogP contribution in [0.5, 0.6) is 11.5 Å². The number of imidazole rings is 1. The first-order valence-electron chi connectivity index (χ1n) is 14.8. The smallest absolute Gasteiger partial charge is 0.419 e. The number of nitrogens with one attached hydrogen (secondary N) is 2. The predicted molar refractivity (Wildman–Crippen MR) is 163 cm³/mol. The second kappa shape index (κ2) is 12.8. The van der Waals surface area contributed by atoms with Crippen LogP contribution < -0.4 is 14.8 Å². The number of aromatic amines is 1. The fourth-order valence-corrected chi connectivity index (χ4v) is 5.24. The van der Waals surface area contributed by atoms with Gasteiger partial charge in [-0.25, -0.2) is 19.1 Å². The predicted octanol–water partition coefficient (Wildman–Crippen LogP) is 5.36. The molecule has 3 N–H and O–H groups in total. The summed E-state index contributed by atoms with van der Waals surface area (Å²) in [6, 6.07) is 11.6. The number of carbonyl (C=O) groups is 3. The SMILES string of the molecule is CCCCc1nc(CC(C(=O)N[C@@H](Cc2c[nH]c3ccccc23)C(=O)O)c2ccc3c(c2)OCO3)cn1C(=O)OC(C)(C)C. The van der Waals surface area contributed by atoms with Crippen molar-refractivity contribution in [3.8, 4) is 11.5 Å². The van der Waals surface area contributed by atoms with E-state index in [2.05, 4.69) is 17.2 Å². The Kier molecular flexibility index (Phi) is 8.93. The van der Waals surface area contributed by atoms with Gasteiger partial charge in [-0.2, -0.15) is 0 Å². The molecule has 0 saturated heterocycles. The second-order valence-corrected chi connectivity index (χ2v) is 11.9. The number of benzene rings is 2. The van der Waals surface area contributed by atoms with E-state index in [-0.39, 0.29) is 19.6 Å². The van der Waals surface area contributed by atoms with Gasteiger partial charge in [0.2, 0.25) is 12.7 Å². The van der Waals surface area contributed by atoms with E-state index >= 15 is 0 Å². The van der Waals surface area contributed by atoms with Gasteiger partial charge in [0.25, 0.3) is 0 Å². The first-order chi connectivity index (χ1) is 21.0. The van der Waals surface area contributed by atoms with Gasteiger partial charge in [-0.1, -0.05) is 37.6 Å². The molecule has 232 valence electrons. The average molecular weight is 603 g/mol. The van der Waals surface area contributed by atoms with Crippen LogP contribution in [0.4, 0.5) is 4.79 Å². The molecule has 0 aliphatic carbocycles. The number of hydrogen-bond acceptors (Lipinski definition) is 7. The lowest BCUT2D eigenvalue weighted by Gasteiger charge is -2.21. The molecule has 2 aromatic heterocycles. The summed E-state index contributed by atoms with van der Waals surface area (Å²) in [5, 5.41) is 13.8. The molecule has 3 heterocycles. The number of aromatic nitrogens is 3. The minimum atomic E-state index is -1.18. The number of aliphatic carboxylic acids is 1. The van der Waals surface area contributed by atoms with Crippen LogP contribution in [-0.4, -0.2) is 56.0 Å². The van der Waals surface area contributed by atoms with Crippen LogP contribution in [0.2, 0.25) is 0 Å². The number of para-hydroxylation sites is 1. The highest BCUT2D eigenvalue weighted by molar-refractivity contribution is 5.90. The highest BCUT2D eigenvalue weighted by Crippen LogP contribution is 2.36. The van der Waals surface area contributed by atoms with Crippen molar-refractivity contribution >= 4 is 28.9 Å². The van der Waals surface area contributed by atoms with Crippen molar-refractivity contribution in [2.45, 2.75) is 77.4 Å². The van der Waals surface area contributed by atoms with Gasteiger partial charge in [0.05, 0.1) is 11.6 Å². The molecule has 5 rings (SSSR count). The Bertz CT molecular complexity index is 1670. The minimum absolute atomic E-state index is 0.0719. The largest absolute Gasteiger partial charge is 0.480 e. The van der Waals surface area contributed by atoms with Crippen molar-refractivity contribution in [1.82, 2.24) is 19.9 Å². The number of hydrogen-bond donors (Lipinski definition) is 3. The summed E-state index contributed by atoms with van der Waals surface area (Å²) in [5.41, 5.74) is 2.07. The molecule has 44 heavy (non-hydrogen) atoms. The lowest BCUT2D eigenvalue weighted by atomic mass is 9.92. The zero-order valence-electron chi connectivity index (χ0n) is 25.4. The summed E-state index contributed by atoms with van der Waals surface area (Å²) in [4.78, 5) is 47.3. The third-order valence-electron chi connectivity index (χ3n) is 7.42. The zero-order chi connectivity index (χ0) is 31.4. The molecule has 11 nitrogen and oxygen atoms in total. The molecule has 0 spiro atoms. The van der Waals surface area contributed by atoms with Crippen LogP contribution >= 0.6 is 0 Å². The molecule has 0 saturated carbocycles. The lowest BCUT2D eigenvalue weighted by Crippen LogP contribution is -2.44. The molecule has 1 aliphatic rings. The van der Waals surface area contributed by atoms with E-state index < -0.39 is 35.5 Å². The molecule has 1 aliphatic heterocycles. The highest BCUT2D eigenvalue weighted by atomic mass is 16.7. The summed E-state index contributed by atoms with van der Waals surface area (Å²) in [7, 11) is 0. The number of ether oxygens (including phenoxy) is 3. The fraction of sp³-hybridized carbons (Fsp3) is 0.394. The van der Waals surface area contributed by atoms with Crippen molar-refractivity contribution in [2.24, 2.45) is 0 Å². The Morgan fingerprint density at radius 1 is 1.11 bits per heavy atom. The van der Waals surface area contributed by atoms with Gasteiger partial charge in [0.15, 0.2) is 11.5 Å². The number of rotatable bonds is 11. The van der Waals surface area contributed by atoms with Crippen molar-refractivity contribution in [3.63, 3.8) is 0 Å². The van der Waals surface area contributed by atoms with Crippen LogP contribution in [0, 0.1) is 0 Å². The number of unbranched alkanes of at least 4 members (excludes halogenated alkanes) is 1. The van der Waals surface area contributed by atoms with E-state index in [0.717, 1.165) is 29.3 Å². The maximum Gasteiger partial charge on any atom is 0.419 e. The van der Waals surface area contributed by atoms with Gasteiger partial charge in [0.1, 0.15) is 17.5 Å². The highest BCUT2D eigenvalue weighted by Gasteiger charge is 2.31. The summed E-state index contributed by atoms with van der Waals surface area (Å²) < 4.78 is 18.0. The first-order valence-corrected chi connectivity index (χ1v) is 14.8. The third-order valence-corrected chi connectivity index (χ3v) is 7.42. The molecular formula is C33H38N4O7. The number of carboxylic acids is 1. The van der Waals surface area contributed by atoms with E-state index in [1.807, 2.05) is 24.3 Å². The van der Waals surface area contributed by atoms with E-state index in [0.29, 0.717) is 35.0 Å². The quantitative estimate of drug-likeness (QED) is 0.208. The van der Waals surface area contributed by atoms with Gasteiger partial charge in [-0.15, -0.1) is 0 Å². The number of H-pyrrole nitrogens is 1. The molecule has 2 aromatic carbocycles. The number of nitrogens with zero attached hydrogens (tertiary/aromatic N) is 2. The molecule has 0 fully saturated rings. The lowest BCUT2D eigenvalue weighted by molar-refractivity contribution is -0.142. The normalized spacial score (nSPS) is 13.9. The Hall–Kier alpha value is -4.80. The van der Waals surface area contributed by atoms with Crippen molar-refractivity contribution in [2.75, 3.05) is 6.79 Å². The molecule has 4 aromatic rings. The zero-order valence-corrected chi connectivity index (χ0v) is 25.4. The molecule has 1 unspecified atom stereocenters. The number of fused-ring (bicyclic) bond motifs is 2. The number of aryl methyl sites for hydroxylation is 1. The van der Waals surface area contributed by atoms with Gasteiger partial charge in [-0.3, -0.25) is 4.79 Å². The van der Waals surface area contributed by atoms with E-state index in [1.54, 1.807) is 51.4 Å². The second-order valence-electron chi connectivity index (χ2n) is 11.9. The van der Waals surface area contributed by atoms with E-state index in [1.165, 1.54) is 4.57 Å². The summed E-state index contributed by atoms with van der Waals surface area (Å²) in [5.74, 6) is -0.871. The molecular weight excluding hydrogens is 564 g/mol. The Morgan fingerprint density at radius 2 is 1.89 bits per heavy atom. The Morgan fingerprint density at radius 3 is 2.64 bits per heavy atom. The van der Waals surface area contributed by atoms with Gasteiger partial charge in [-0.05, 0) is 56.5 Å². The van der Waals surface area contributed by atoms with Gasteiger partial charge in [0, 0.05) is 42.6 Å². The topological polar surface area (TPSA) is 145 Å². The molecule has 2 atom stereocenters. The molecule has 0 radical (unpaired) electrons.